The van der Waals surface area contributed by atoms with Gasteiger partial charge in [0.2, 0.25) is 0 Å². The van der Waals surface area contributed by atoms with Gasteiger partial charge in [-0.15, -0.1) is 0 Å². The third kappa shape index (κ3) is 15.6. The molecule has 4 atom stereocenters. The first-order valence-electron chi connectivity index (χ1n) is 17.2. The van der Waals surface area contributed by atoms with E-state index >= 15 is 0 Å². The zero-order valence-corrected chi connectivity index (χ0v) is 27.5. The number of hydrogen-bond donors (Lipinski definition) is 1. The van der Waals surface area contributed by atoms with E-state index < -0.39 is 18.1 Å². The molecule has 1 aliphatic rings. The topological polar surface area (TPSA) is 90.9 Å². The highest BCUT2D eigenvalue weighted by Crippen LogP contribution is 2.33. The molecule has 0 saturated carbocycles. The predicted molar refractivity (Wildman–Crippen MR) is 171 cm³/mol. The Hall–Kier alpha value is -2.57. The molecule has 1 aliphatic heterocycles. The lowest BCUT2D eigenvalue weighted by molar-refractivity contribution is -0.190. The van der Waals surface area contributed by atoms with Crippen molar-refractivity contribution in [2.45, 2.75) is 162 Å². The van der Waals surface area contributed by atoms with E-state index in [2.05, 4.69) is 19.2 Å². The minimum Gasteiger partial charge on any atom is -0.461 e. The van der Waals surface area contributed by atoms with E-state index in [-0.39, 0.29) is 36.6 Å². The maximum absolute atomic E-state index is 13.4. The number of cyclic esters (lactones) is 1. The van der Waals surface area contributed by atoms with E-state index in [0.717, 1.165) is 50.5 Å². The van der Waals surface area contributed by atoms with Gasteiger partial charge in [-0.05, 0) is 37.2 Å². The van der Waals surface area contributed by atoms with Crippen molar-refractivity contribution in [1.82, 2.24) is 5.32 Å². The van der Waals surface area contributed by atoms with Crippen LogP contribution in [-0.4, -0.2) is 36.3 Å². The van der Waals surface area contributed by atoms with Crippen LogP contribution >= 0.6 is 0 Å². The zero-order chi connectivity index (χ0) is 31.3. The highest BCUT2D eigenvalue weighted by Gasteiger charge is 2.43. The molecule has 0 aromatic heterocycles. The average molecular weight is 602 g/mol. The van der Waals surface area contributed by atoms with Crippen molar-refractivity contribution in [3.05, 3.63) is 35.9 Å². The Kier molecular flexibility index (Phi) is 18.7. The number of benzene rings is 1. The van der Waals surface area contributed by atoms with E-state index in [1.807, 2.05) is 44.2 Å². The van der Waals surface area contributed by atoms with Gasteiger partial charge in [0.05, 0.1) is 5.92 Å². The maximum atomic E-state index is 13.4. The van der Waals surface area contributed by atoms with Crippen LogP contribution in [0.4, 0.5) is 4.79 Å². The summed E-state index contributed by atoms with van der Waals surface area (Å²) in [6.45, 7) is 8.56. The van der Waals surface area contributed by atoms with Gasteiger partial charge in [0.15, 0.2) is 0 Å². The normalized spacial score (nSPS) is 17.6. The molecule has 0 bridgehead atoms. The fourth-order valence-electron chi connectivity index (χ4n) is 5.71. The van der Waals surface area contributed by atoms with Crippen LogP contribution in [0.15, 0.2) is 30.3 Å². The Morgan fingerprint density at radius 3 is 2.07 bits per heavy atom. The van der Waals surface area contributed by atoms with Crippen molar-refractivity contribution in [3.63, 3.8) is 0 Å². The molecule has 1 heterocycles. The molecule has 1 N–H and O–H groups in total. The van der Waals surface area contributed by atoms with Crippen LogP contribution in [-0.2, 0) is 30.4 Å². The fourth-order valence-corrected chi connectivity index (χ4v) is 5.71. The molecule has 1 aromatic rings. The summed E-state index contributed by atoms with van der Waals surface area (Å²) in [4.78, 5) is 38.3. The number of rotatable bonds is 24. The smallest absolute Gasteiger partial charge is 0.408 e. The highest BCUT2D eigenvalue weighted by molar-refractivity contribution is 5.81. The number of alkyl carbamates (subject to hydrolysis) is 1. The molecular weight excluding hydrogens is 542 g/mol. The number of unbranched alkanes of at least 4 members (excludes halogenated alkanes) is 11. The summed E-state index contributed by atoms with van der Waals surface area (Å²) in [5, 5.41) is 2.74. The Balaban J connectivity index is 1.94. The van der Waals surface area contributed by atoms with Crippen molar-refractivity contribution in [3.8, 4) is 0 Å². The van der Waals surface area contributed by atoms with Gasteiger partial charge in [-0.2, -0.15) is 0 Å². The molecule has 1 saturated heterocycles. The standard InChI is InChI=1S/C36H59NO6/c1-5-7-9-11-12-13-14-15-19-23-30(26-33-31(34(38)43-33)24-20-10-8-6-2)42-35(39)32(25-28(3)4)37-36(40)41-27-29-21-17-16-18-22-29/h16-18,21-22,28,30-33H,5-15,19-20,23-27H2,1-4H3,(H,37,40)/t30-,31+,32+,33+/m0/s1. The van der Waals surface area contributed by atoms with Gasteiger partial charge < -0.3 is 19.5 Å². The molecule has 1 amide bonds. The summed E-state index contributed by atoms with van der Waals surface area (Å²) < 4.78 is 17.0. The molecule has 43 heavy (non-hydrogen) atoms. The molecule has 1 aromatic carbocycles. The summed E-state index contributed by atoms with van der Waals surface area (Å²) in [6, 6.07) is 8.64. The molecule has 2 rings (SSSR count). The van der Waals surface area contributed by atoms with Crippen molar-refractivity contribution in [2.24, 2.45) is 11.8 Å². The Labute approximate surface area is 261 Å². The molecule has 0 aliphatic carbocycles. The Morgan fingerprint density at radius 1 is 0.860 bits per heavy atom. The van der Waals surface area contributed by atoms with Crippen molar-refractivity contribution in [2.75, 3.05) is 0 Å². The summed E-state index contributed by atoms with van der Waals surface area (Å²) in [6.07, 6.45) is 16.7. The number of ether oxygens (including phenoxy) is 3. The Bertz CT molecular complexity index is 904. The van der Waals surface area contributed by atoms with E-state index in [9.17, 15) is 14.4 Å². The average Bonchev–Trinajstić information content (AvgIpc) is 2.98. The van der Waals surface area contributed by atoms with Crippen molar-refractivity contribution in [1.29, 1.82) is 0 Å². The van der Waals surface area contributed by atoms with Crippen LogP contribution in [0, 0.1) is 11.8 Å². The van der Waals surface area contributed by atoms with Crippen molar-refractivity contribution >= 4 is 18.0 Å². The number of carbonyl (C=O) groups is 3. The van der Waals surface area contributed by atoms with Gasteiger partial charge in [0, 0.05) is 6.42 Å². The number of nitrogens with one attached hydrogen (secondary N) is 1. The third-order valence-corrected chi connectivity index (χ3v) is 8.29. The third-order valence-electron chi connectivity index (χ3n) is 8.29. The summed E-state index contributed by atoms with van der Waals surface area (Å²) in [5.74, 6) is -0.520. The molecule has 7 heteroatoms. The minimum atomic E-state index is -0.803. The van der Waals surface area contributed by atoms with E-state index in [1.54, 1.807) is 0 Å². The maximum Gasteiger partial charge on any atom is 0.408 e. The van der Waals surface area contributed by atoms with Crippen LogP contribution in [0.2, 0.25) is 0 Å². The SMILES string of the molecule is CCCCCCCCCCC[C@@H](C[C@H]1OC(=O)[C@@H]1CCCCCC)OC(=O)[C@@H](CC(C)C)NC(=O)OCc1ccccc1. The summed E-state index contributed by atoms with van der Waals surface area (Å²) in [7, 11) is 0. The molecule has 0 radical (unpaired) electrons. The second-order valence-corrected chi connectivity index (χ2v) is 12.7. The van der Waals surface area contributed by atoms with Crippen LogP contribution < -0.4 is 5.32 Å². The molecular formula is C36H59NO6. The van der Waals surface area contributed by atoms with E-state index in [4.69, 9.17) is 14.2 Å². The van der Waals surface area contributed by atoms with Crippen LogP contribution in [0.25, 0.3) is 0 Å². The first kappa shape index (κ1) is 36.6. The predicted octanol–water partition coefficient (Wildman–Crippen LogP) is 9.06. The lowest BCUT2D eigenvalue weighted by Crippen LogP contribution is -2.48. The minimum absolute atomic E-state index is 0.112. The highest BCUT2D eigenvalue weighted by atomic mass is 16.6. The molecule has 1 fully saturated rings. The second kappa shape index (κ2) is 22.0. The number of hydrogen-bond acceptors (Lipinski definition) is 6. The van der Waals surface area contributed by atoms with Gasteiger partial charge in [-0.1, -0.05) is 135 Å². The second-order valence-electron chi connectivity index (χ2n) is 12.7. The summed E-state index contributed by atoms with van der Waals surface area (Å²) >= 11 is 0. The molecule has 0 spiro atoms. The molecule has 244 valence electrons. The molecule has 0 unspecified atom stereocenters. The quantitative estimate of drug-likeness (QED) is 0.0722. The number of esters is 2. The lowest BCUT2D eigenvalue weighted by Gasteiger charge is -2.37. The van der Waals surface area contributed by atoms with Gasteiger partial charge in [-0.3, -0.25) is 4.79 Å². The number of amides is 1. The van der Waals surface area contributed by atoms with Crippen LogP contribution in [0.1, 0.15) is 142 Å². The Morgan fingerprint density at radius 2 is 1.47 bits per heavy atom. The fraction of sp³-hybridized carbons (Fsp3) is 0.750. The molecule has 7 nitrogen and oxygen atoms in total. The van der Waals surface area contributed by atoms with E-state index in [0.29, 0.717) is 12.8 Å². The zero-order valence-electron chi connectivity index (χ0n) is 27.5. The number of carbonyl (C=O) groups excluding carboxylic acids is 3. The monoisotopic (exact) mass is 601 g/mol. The van der Waals surface area contributed by atoms with Crippen molar-refractivity contribution < 1.29 is 28.6 Å². The van der Waals surface area contributed by atoms with E-state index in [1.165, 1.54) is 51.4 Å². The van der Waals surface area contributed by atoms with Gasteiger partial charge in [-0.25, -0.2) is 9.59 Å². The van der Waals surface area contributed by atoms with Crippen LogP contribution in [0.3, 0.4) is 0 Å². The van der Waals surface area contributed by atoms with Gasteiger partial charge in [0.1, 0.15) is 24.9 Å². The summed E-state index contributed by atoms with van der Waals surface area (Å²) in [5.41, 5.74) is 0.876. The first-order chi connectivity index (χ1) is 20.8. The first-order valence-corrected chi connectivity index (χ1v) is 17.2. The van der Waals surface area contributed by atoms with Gasteiger partial charge >= 0.3 is 18.0 Å². The van der Waals surface area contributed by atoms with Crippen LogP contribution in [0.5, 0.6) is 0 Å². The largest absolute Gasteiger partial charge is 0.461 e. The lowest BCUT2D eigenvalue weighted by atomic mass is 9.86. The van der Waals surface area contributed by atoms with Gasteiger partial charge in [0.25, 0.3) is 0 Å².